The van der Waals surface area contributed by atoms with Gasteiger partial charge in [-0.15, -0.1) is 0 Å². The number of fused-ring (bicyclic) bond motifs is 5. The van der Waals surface area contributed by atoms with Crippen LogP contribution >= 0.6 is 11.6 Å². The van der Waals surface area contributed by atoms with E-state index in [1.807, 2.05) is 13.8 Å². The van der Waals surface area contributed by atoms with Gasteiger partial charge < -0.3 is 38.4 Å². The number of ether oxygens (including phenoxy) is 6. The molecule has 0 spiro atoms. The summed E-state index contributed by atoms with van der Waals surface area (Å²) >= 11 is 6.71. The van der Waals surface area contributed by atoms with Crippen LogP contribution in [0.2, 0.25) is 5.02 Å². The number of carbonyl (C=O) groups is 3. The fourth-order valence-corrected chi connectivity index (χ4v) is 6.45. The Morgan fingerprint density at radius 2 is 1.93 bits per heavy atom. The number of hydrogen-bond acceptors (Lipinski definition) is 10. The van der Waals surface area contributed by atoms with Crippen LogP contribution in [0.15, 0.2) is 35.9 Å². The molecular formula is C32H43ClN2O10. The number of epoxide rings is 1. The highest BCUT2D eigenvalue weighted by Gasteiger charge is 2.64. The minimum absolute atomic E-state index is 0.0205. The first-order valence-electron chi connectivity index (χ1n) is 14.9. The van der Waals surface area contributed by atoms with Gasteiger partial charge in [-0.2, -0.15) is 0 Å². The summed E-state index contributed by atoms with van der Waals surface area (Å²) in [5.74, 6) is -1.00. The second kappa shape index (κ2) is 13.7. The van der Waals surface area contributed by atoms with Crippen molar-refractivity contribution in [1.29, 1.82) is 0 Å². The summed E-state index contributed by atoms with van der Waals surface area (Å²) in [5.41, 5.74) is -1.07. The Morgan fingerprint density at radius 3 is 2.56 bits per heavy atom. The number of anilines is 1. The Kier molecular flexibility index (Phi) is 10.6. The lowest BCUT2D eigenvalue weighted by Gasteiger charge is -2.42. The van der Waals surface area contributed by atoms with Crippen molar-refractivity contribution in [2.24, 2.45) is 5.92 Å². The lowest BCUT2D eigenvalue weighted by atomic mass is 9.83. The number of esters is 1. The summed E-state index contributed by atoms with van der Waals surface area (Å²) in [4.78, 5) is 40.4. The zero-order chi connectivity index (χ0) is 33.3. The molecule has 13 heteroatoms. The van der Waals surface area contributed by atoms with Crippen molar-refractivity contribution in [1.82, 2.24) is 5.32 Å². The van der Waals surface area contributed by atoms with Gasteiger partial charge in [0.05, 0.1) is 25.3 Å². The molecule has 0 aromatic heterocycles. The van der Waals surface area contributed by atoms with Crippen molar-refractivity contribution in [2.75, 3.05) is 33.3 Å². The largest absolute Gasteiger partial charge is 0.495 e. The third-order valence-electron chi connectivity index (χ3n) is 8.92. The van der Waals surface area contributed by atoms with Crippen LogP contribution in [-0.2, 0) is 33.3 Å². The van der Waals surface area contributed by atoms with E-state index in [1.54, 1.807) is 58.4 Å². The molecule has 2 fully saturated rings. The molecule has 0 saturated carbocycles. The number of halogens is 1. The van der Waals surface area contributed by atoms with Crippen molar-refractivity contribution in [3.63, 3.8) is 0 Å². The molecule has 2 amide bonds. The van der Waals surface area contributed by atoms with Gasteiger partial charge in [0.2, 0.25) is 5.91 Å². The molecule has 3 heterocycles. The lowest BCUT2D eigenvalue weighted by molar-refractivity contribution is -0.153. The van der Waals surface area contributed by atoms with Gasteiger partial charge in [-0.1, -0.05) is 43.7 Å². The van der Waals surface area contributed by atoms with E-state index < -0.39 is 59.8 Å². The van der Waals surface area contributed by atoms with E-state index in [-0.39, 0.29) is 30.2 Å². The zero-order valence-electron chi connectivity index (χ0n) is 26.9. The molecule has 0 radical (unpaired) electrons. The fourth-order valence-electron chi connectivity index (χ4n) is 6.14. The normalized spacial score (nSPS) is 35.7. The SMILES string of the molecule is CCC(=O)O[C@H]1CC(=O)N(C)c2cc(cc(OC)c2Cl)C(OC)/C(C)=C/C=C/[C@@H](OC)[C@@]2(O)C[C@H](OC(=O)N2)[C@@H](C)[C@@H]2O[C@@]12C. The fraction of sp³-hybridized carbons (Fsp3) is 0.594. The van der Waals surface area contributed by atoms with E-state index in [9.17, 15) is 19.5 Å². The van der Waals surface area contributed by atoms with Crippen LogP contribution in [-0.4, -0.2) is 87.2 Å². The van der Waals surface area contributed by atoms with E-state index in [0.29, 0.717) is 17.0 Å². The number of benzene rings is 1. The van der Waals surface area contributed by atoms with E-state index >= 15 is 0 Å². The Morgan fingerprint density at radius 1 is 1.22 bits per heavy atom. The Bertz CT molecular complexity index is 1370. The summed E-state index contributed by atoms with van der Waals surface area (Å²) in [5, 5.41) is 14.4. The third kappa shape index (κ3) is 7.00. The predicted octanol–water partition coefficient (Wildman–Crippen LogP) is 4.22. The number of alkyl carbamates (subject to hydrolysis) is 1. The van der Waals surface area contributed by atoms with Crippen molar-refractivity contribution in [2.45, 2.75) is 88.8 Å². The summed E-state index contributed by atoms with van der Waals surface area (Å²) in [6, 6.07) is 3.48. The first kappa shape index (κ1) is 34.7. The molecule has 4 rings (SSSR count). The zero-order valence-corrected chi connectivity index (χ0v) is 27.7. The maximum absolute atomic E-state index is 13.8. The Balaban J connectivity index is 1.85. The standard InChI is InChI=1S/C32H43ClN2O10/c1-9-26(37)44-24-15-25(36)35(5)20-13-19(14-21(40-6)27(20)33)28(42-8)17(2)11-10-12-23(41-7)32(39)16-22(43-30(38)34-32)18(3)29-31(24,4)45-29/h10-14,18,22-24,28-29,39H,9,15-16H2,1-8H3,(H,34,38)/b12-10+,17-11+/t18-,22+,23-,24+,28?,29+,31+,32+/m1/s1. The third-order valence-corrected chi connectivity index (χ3v) is 9.30. The van der Waals surface area contributed by atoms with Gasteiger partial charge in [0.25, 0.3) is 0 Å². The molecule has 3 aliphatic heterocycles. The highest BCUT2D eigenvalue weighted by atomic mass is 35.5. The second-order valence-electron chi connectivity index (χ2n) is 11.9. The van der Waals surface area contributed by atoms with Gasteiger partial charge in [0, 0.05) is 40.0 Å². The summed E-state index contributed by atoms with van der Waals surface area (Å²) in [6.07, 6.45) is 0.350. The number of methoxy groups -OCH3 is 3. The van der Waals surface area contributed by atoms with Crippen LogP contribution in [0.5, 0.6) is 5.75 Å². The number of rotatable bonds is 5. The van der Waals surface area contributed by atoms with Crippen molar-refractivity contribution < 1.29 is 47.9 Å². The van der Waals surface area contributed by atoms with Gasteiger partial charge in [0.1, 0.15) is 40.8 Å². The first-order valence-corrected chi connectivity index (χ1v) is 15.2. The molecular weight excluding hydrogens is 608 g/mol. The van der Waals surface area contributed by atoms with Gasteiger partial charge in [0.15, 0.2) is 5.72 Å². The summed E-state index contributed by atoms with van der Waals surface area (Å²) < 4.78 is 34.5. The number of aliphatic hydroxyl groups is 1. The average molecular weight is 651 g/mol. The van der Waals surface area contributed by atoms with Crippen molar-refractivity contribution >= 4 is 35.3 Å². The lowest BCUT2D eigenvalue weighted by Crippen LogP contribution is -2.63. The molecule has 2 N–H and O–H groups in total. The highest BCUT2D eigenvalue weighted by Crippen LogP contribution is 2.49. The van der Waals surface area contributed by atoms with Crippen LogP contribution in [0.3, 0.4) is 0 Å². The van der Waals surface area contributed by atoms with E-state index in [4.69, 9.17) is 40.0 Å². The number of allylic oxidation sites excluding steroid dienone is 2. The maximum Gasteiger partial charge on any atom is 0.409 e. The molecule has 0 aliphatic carbocycles. The molecule has 4 bridgehead atoms. The second-order valence-corrected chi connectivity index (χ2v) is 12.3. The van der Waals surface area contributed by atoms with Gasteiger partial charge >= 0.3 is 12.1 Å². The summed E-state index contributed by atoms with van der Waals surface area (Å²) in [7, 11) is 6.04. The molecule has 2 saturated heterocycles. The number of nitrogens with zero attached hydrogens (tertiary/aromatic N) is 1. The molecule has 3 aliphatic rings. The predicted molar refractivity (Wildman–Crippen MR) is 165 cm³/mol. The maximum atomic E-state index is 13.8. The first-order chi connectivity index (χ1) is 21.2. The van der Waals surface area contributed by atoms with Crippen molar-refractivity contribution in [3.8, 4) is 5.75 Å². The molecule has 8 atom stereocenters. The van der Waals surface area contributed by atoms with E-state index in [0.717, 1.165) is 5.57 Å². The highest BCUT2D eigenvalue weighted by molar-refractivity contribution is 6.35. The molecule has 1 aromatic carbocycles. The van der Waals surface area contributed by atoms with Gasteiger partial charge in [-0.3, -0.25) is 14.9 Å². The van der Waals surface area contributed by atoms with Crippen LogP contribution in [0.25, 0.3) is 0 Å². The minimum atomic E-state index is -1.80. The number of nitrogens with one attached hydrogen (secondary N) is 1. The quantitative estimate of drug-likeness (QED) is 0.351. The molecule has 1 unspecified atom stereocenters. The average Bonchev–Trinajstić information content (AvgIpc) is 3.70. The topological polar surface area (TPSA) is 145 Å². The van der Waals surface area contributed by atoms with Crippen LogP contribution in [0.1, 0.15) is 58.6 Å². The van der Waals surface area contributed by atoms with Crippen molar-refractivity contribution in [3.05, 3.63) is 46.5 Å². The number of amides is 2. The van der Waals surface area contributed by atoms with E-state index in [1.165, 1.54) is 19.1 Å². The molecule has 45 heavy (non-hydrogen) atoms. The van der Waals surface area contributed by atoms with Gasteiger partial charge in [-0.05, 0) is 37.1 Å². The number of hydrogen-bond donors (Lipinski definition) is 2. The van der Waals surface area contributed by atoms with Crippen LogP contribution in [0.4, 0.5) is 10.5 Å². The van der Waals surface area contributed by atoms with Gasteiger partial charge in [-0.25, -0.2) is 4.79 Å². The minimum Gasteiger partial charge on any atom is -0.495 e. The molecule has 12 nitrogen and oxygen atoms in total. The van der Waals surface area contributed by atoms with Crippen LogP contribution < -0.4 is 15.0 Å². The molecule has 248 valence electrons. The Hall–Kier alpha value is -3.16. The molecule has 1 aromatic rings. The smallest absolute Gasteiger partial charge is 0.409 e. The Labute approximate surface area is 268 Å². The summed E-state index contributed by atoms with van der Waals surface area (Å²) in [6.45, 7) is 7.09. The number of carbonyl (C=O) groups excluding carboxylic acids is 3. The monoisotopic (exact) mass is 650 g/mol. The van der Waals surface area contributed by atoms with E-state index in [2.05, 4.69) is 5.32 Å². The van der Waals surface area contributed by atoms with Crippen LogP contribution in [0, 0.1) is 5.92 Å².